The van der Waals surface area contributed by atoms with E-state index in [-0.39, 0.29) is 5.91 Å². The maximum absolute atomic E-state index is 12.9. The molecule has 3 aromatic rings. The number of hydrogen-bond acceptors (Lipinski definition) is 5. The van der Waals surface area contributed by atoms with Crippen LogP contribution in [0, 0.1) is 5.41 Å². The van der Waals surface area contributed by atoms with Crippen molar-refractivity contribution in [3.63, 3.8) is 0 Å². The van der Waals surface area contributed by atoms with Gasteiger partial charge >= 0.3 is 0 Å². The number of carbonyl (C=O) groups excluding carboxylic acids is 1. The number of nitrogens with one attached hydrogen (secondary N) is 1. The van der Waals surface area contributed by atoms with Crippen molar-refractivity contribution in [2.45, 2.75) is 38.8 Å². The van der Waals surface area contributed by atoms with Gasteiger partial charge in [-0.2, -0.15) is 0 Å². The minimum Gasteiger partial charge on any atom is -0.381 e. The topological polar surface area (TPSA) is 71.8 Å². The number of fused-ring (bicyclic) bond motifs is 1. The average Bonchev–Trinajstić information content (AvgIpc) is 3.09. The summed E-state index contributed by atoms with van der Waals surface area (Å²) in [6.07, 6.45) is 6.65. The van der Waals surface area contributed by atoms with Crippen LogP contribution < -0.4 is 10.2 Å². The van der Waals surface area contributed by atoms with Crippen molar-refractivity contribution in [2.24, 2.45) is 5.41 Å². The van der Waals surface area contributed by atoms with E-state index >= 15 is 0 Å². The molecule has 0 unspecified atom stereocenters. The van der Waals surface area contributed by atoms with Gasteiger partial charge in [-0.3, -0.25) is 9.20 Å². The van der Waals surface area contributed by atoms with Gasteiger partial charge in [0.25, 0.3) is 5.91 Å². The first-order chi connectivity index (χ1) is 15.0. The zero-order valence-corrected chi connectivity index (χ0v) is 18.5. The highest BCUT2D eigenvalue weighted by atomic mass is 35.5. The number of anilines is 1. The quantitative estimate of drug-likeness (QED) is 0.636. The molecule has 31 heavy (non-hydrogen) atoms. The van der Waals surface area contributed by atoms with Crippen LogP contribution >= 0.6 is 11.6 Å². The Balaban J connectivity index is 1.22. The first kappa shape index (κ1) is 20.3. The number of aryl methyl sites for hydroxylation is 1. The van der Waals surface area contributed by atoms with Gasteiger partial charge in [-0.25, -0.2) is 9.97 Å². The second-order valence-electron chi connectivity index (χ2n) is 8.67. The number of nitrogens with zero attached hydrogens (tertiary/aromatic N) is 4. The molecule has 0 bridgehead atoms. The first-order valence-electron chi connectivity index (χ1n) is 10.7. The van der Waals surface area contributed by atoms with E-state index in [1.807, 2.05) is 6.92 Å². The van der Waals surface area contributed by atoms with Gasteiger partial charge in [0.15, 0.2) is 0 Å². The molecule has 2 fully saturated rings. The number of amides is 1. The van der Waals surface area contributed by atoms with Crippen molar-refractivity contribution < 1.29 is 9.53 Å². The van der Waals surface area contributed by atoms with E-state index in [2.05, 4.69) is 44.5 Å². The third-order valence-corrected chi connectivity index (χ3v) is 6.73. The molecule has 1 spiro atoms. The van der Waals surface area contributed by atoms with Crippen LogP contribution in [0.2, 0.25) is 5.02 Å². The molecular formula is C23H26ClN5O2. The molecule has 1 aliphatic carbocycles. The van der Waals surface area contributed by atoms with E-state index in [1.165, 1.54) is 24.7 Å². The Morgan fingerprint density at radius 2 is 2.03 bits per heavy atom. The Labute approximate surface area is 186 Å². The molecule has 1 amide bonds. The zero-order valence-electron chi connectivity index (χ0n) is 17.8. The lowest BCUT2D eigenvalue weighted by molar-refractivity contribution is -0.0731. The molecular weight excluding hydrogens is 414 g/mol. The summed E-state index contributed by atoms with van der Waals surface area (Å²) in [6.45, 7) is 4.63. The predicted octanol–water partition coefficient (Wildman–Crippen LogP) is 3.49. The van der Waals surface area contributed by atoms with Crippen LogP contribution in [-0.2, 0) is 17.7 Å². The lowest BCUT2D eigenvalue weighted by Crippen LogP contribution is -2.64. The van der Waals surface area contributed by atoms with E-state index < -0.39 is 0 Å². The van der Waals surface area contributed by atoms with E-state index in [4.69, 9.17) is 16.3 Å². The molecule has 0 radical (unpaired) electrons. The van der Waals surface area contributed by atoms with Crippen LogP contribution in [0.15, 0.2) is 36.7 Å². The molecule has 162 valence electrons. The minimum absolute atomic E-state index is 0.181. The number of halogens is 1. The molecule has 5 rings (SSSR count). The molecule has 2 aromatic heterocycles. The Morgan fingerprint density at radius 3 is 2.71 bits per heavy atom. The summed E-state index contributed by atoms with van der Waals surface area (Å²) in [7, 11) is 1.80. The van der Waals surface area contributed by atoms with Crippen molar-refractivity contribution in [1.29, 1.82) is 0 Å². The van der Waals surface area contributed by atoms with Crippen molar-refractivity contribution in [3.8, 4) is 0 Å². The second-order valence-corrected chi connectivity index (χ2v) is 9.11. The van der Waals surface area contributed by atoms with Gasteiger partial charge in [-0.1, -0.05) is 30.7 Å². The zero-order chi connectivity index (χ0) is 21.6. The summed E-state index contributed by atoms with van der Waals surface area (Å²) in [4.78, 5) is 24.0. The maximum atomic E-state index is 12.9. The molecule has 1 aromatic carbocycles. The molecule has 1 aliphatic heterocycles. The lowest BCUT2D eigenvalue weighted by atomic mass is 9.61. The highest BCUT2D eigenvalue weighted by molar-refractivity contribution is 6.30. The average molecular weight is 440 g/mol. The smallest absolute Gasteiger partial charge is 0.270 e. The van der Waals surface area contributed by atoms with Crippen molar-refractivity contribution in [1.82, 2.24) is 19.7 Å². The molecule has 0 atom stereocenters. The van der Waals surface area contributed by atoms with E-state index in [0.717, 1.165) is 18.7 Å². The van der Waals surface area contributed by atoms with Gasteiger partial charge < -0.3 is 15.0 Å². The summed E-state index contributed by atoms with van der Waals surface area (Å²) < 4.78 is 7.08. The Hall–Kier alpha value is -2.64. The molecule has 8 heteroatoms. The Morgan fingerprint density at radius 1 is 1.29 bits per heavy atom. The third kappa shape index (κ3) is 3.66. The Bertz CT molecular complexity index is 1110. The standard InChI is InChI=1S/C23H26ClN5O2/c1-3-19-20(29-12-16(24)11-26-22(29)27-19)21(30)25-10-15-4-6-17(7-5-15)28-13-23(14-28)8-18(9-23)31-2/h4-7,11-12,18H,3,8-10,13-14H2,1-2H3,(H,25,30). The van der Waals surface area contributed by atoms with Crippen LogP contribution in [-0.4, -0.2) is 46.6 Å². The summed E-state index contributed by atoms with van der Waals surface area (Å²) in [5.41, 5.74) is 3.96. The van der Waals surface area contributed by atoms with Gasteiger partial charge in [0.05, 0.1) is 23.0 Å². The first-order valence-corrected chi connectivity index (χ1v) is 11.1. The summed E-state index contributed by atoms with van der Waals surface area (Å²) >= 11 is 6.07. The van der Waals surface area contributed by atoms with E-state index in [0.29, 0.717) is 46.7 Å². The fraction of sp³-hybridized carbons (Fsp3) is 0.435. The number of aromatic nitrogens is 3. The molecule has 7 nitrogen and oxygen atoms in total. The normalized spacial score (nSPS) is 17.6. The fourth-order valence-electron chi connectivity index (χ4n) is 4.81. The lowest BCUT2D eigenvalue weighted by Gasteiger charge is -2.59. The van der Waals surface area contributed by atoms with Crippen LogP contribution in [0.4, 0.5) is 5.69 Å². The predicted molar refractivity (Wildman–Crippen MR) is 120 cm³/mol. The molecule has 1 N–H and O–H groups in total. The van der Waals surface area contributed by atoms with Crippen molar-refractivity contribution >= 4 is 29.0 Å². The monoisotopic (exact) mass is 439 g/mol. The number of ether oxygens (including phenoxy) is 1. The molecule has 2 aliphatic rings. The summed E-state index contributed by atoms with van der Waals surface area (Å²) in [6, 6.07) is 8.42. The second kappa shape index (κ2) is 7.80. The number of methoxy groups -OCH3 is 1. The van der Waals surface area contributed by atoms with Crippen LogP contribution in [0.5, 0.6) is 0 Å². The Kier molecular flexibility index (Phi) is 5.10. The van der Waals surface area contributed by atoms with E-state index in [1.54, 1.807) is 17.7 Å². The fourth-order valence-corrected chi connectivity index (χ4v) is 4.96. The summed E-state index contributed by atoms with van der Waals surface area (Å²) in [5.74, 6) is 0.297. The number of hydrogen-bond donors (Lipinski definition) is 1. The van der Waals surface area contributed by atoms with Crippen molar-refractivity contribution in [2.75, 3.05) is 25.1 Å². The van der Waals surface area contributed by atoms with Gasteiger partial charge in [-0.15, -0.1) is 0 Å². The molecule has 3 heterocycles. The number of imidazole rings is 1. The highest BCUT2D eigenvalue weighted by Crippen LogP contribution is 2.50. The van der Waals surface area contributed by atoms with Gasteiger partial charge in [0.2, 0.25) is 5.78 Å². The van der Waals surface area contributed by atoms with Crippen molar-refractivity contribution in [3.05, 3.63) is 58.6 Å². The number of benzene rings is 1. The summed E-state index contributed by atoms with van der Waals surface area (Å²) in [5, 5.41) is 3.47. The SMILES string of the molecule is CCc1nc2ncc(Cl)cn2c1C(=O)NCc1ccc(N2CC3(CC(OC)C3)C2)cc1. The van der Waals surface area contributed by atoms with Gasteiger partial charge in [0.1, 0.15) is 5.69 Å². The van der Waals surface area contributed by atoms with Gasteiger partial charge in [0, 0.05) is 44.0 Å². The number of carbonyl (C=O) groups is 1. The van der Waals surface area contributed by atoms with E-state index in [9.17, 15) is 4.79 Å². The maximum Gasteiger partial charge on any atom is 0.270 e. The van der Waals surface area contributed by atoms with Gasteiger partial charge in [-0.05, 0) is 37.0 Å². The van der Waals surface area contributed by atoms with Crippen LogP contribution in [0.25, 0.3) is 5.78 Å². The number of rotatable bonds is 6. The minimum atomic E-state index is -0.181. The molecule has 1 saturated carbocycles. The third-order valence-electron chi connectivity index (χ3n) is 6.53. The largest absolute Gasteiger partial charge is 0.381 e. The van der Waals surface area contributed by atoms with Crippen LogP contribution in [0.3, 0.4) is 0 Å². The highest BCUT2D eigenvalue weighted by Gasteiger charge is 2.52. The molecule has 1 saturated heterocycles. The van der Waals surface area contributed by atoms with Crippen LogP contribution in [0.1, 0.15) is 41.5 Å².